The molecule has 1 N–H and O–H groups in total. The van der Waals surface area contributed by atoms with Crippen LogP contribution in [-0.2, 0) is 13.1 Å². The maximum absolute atomic E-state index is 13.3. The summed E-state index contributed by atoms with van der Waals surface area (Å²) >= 11 is 21.3. The van der Waals surface area contributed by atoms with Crippen molar-refractivity contribution in [3.05, 3.63) is 52.7 Å². The molecule has 21 heteroatoms. The second-order valence-electron chi connectivity index (χ2n) is 9.54. The van der Waals surface area contributed by atoms with E-state index in [2.05, 4.69) is 115 Å². The molecule has 10 nitrogen and oxygen atoms in total. The van der Waals surface area contributed by atoms with Crippen LogP contribution in [0.2, 0.25) is 5.02 Å². The van der Waals surface area contributed by atoms with Gasteiger partial charge in [-0.15, -0.1) is 15.3 Å². The summed E-state index contributed by atoms with van der Waals surface area (Å²) in [5, 5.41) is 14.5. The summed E-state index contributed by atoms with van der Waals surface area (Å²) in [4.78, 5) is 11.7. The SMILES string of the molecule is Brc1n[nH]c(Br)n1.FC1(F)CC(Cn2nc(Br)nc2Br)C1.Fc1cc(Cl)cc(Oc2nc(Br)nn2CC2CC(F)(F)C2)c1. The lowest BCUT2D eigenvalue weighted by Gasteiger charge is -2.34. The summed E-state index contributed by atoms with van der Waals surface area (Å²) in [5.41, 5.74) is 0. The number of nitrogens with zero attached hydrogens (tertiary/aromatic N) is 8. The maximum atomic E-state index is 13.3. The van der Waals surface area contributed by atoms with Crippen molar-refractivity contribution in [3.8, 4) is 11.8 Å². The molecule has 0 radical (unpaired) electrons. The van der Waals surface area contributed by atoms with E-state index in [4.69, 9.17) is 16.3 Å². The van der Waals surface area contributed by atoms with Crippen molar-refractivity contribution in [2.45, 2.75) is 50.6 Å². The average molecular weight is 954 g/mol. The third kappa shape index (κ3) is 10.7. The van der Waals surface area contributed by atoms with Crippen molar-refractivity contribution in [1.29, 1.82) is 0 Å². The van der Waals surface area contributed by atoms with Crippen LogP contribution in [0, 0.1) is 17.7 Å². The molecule has 0 spiro atoms. The van der Waals surface area contributed by atoms with Gasteiger partial charge in [0, 0.05) is 49.9 Å². The molecule has 4 aromatic rings. The maximum Gasteiger partial charge on any atom is 0.321 e. The van der Waals surface area contributed by atoms with Gasteiger partial charge in [-0.05, 0) is 104 Å². The Labute approximate surface area is 287 Å². The molecule has 0 aliphatic heterocycles. The molecule has 2 aliphatic rings. The van der Waals surface area contributed by atoms with Crippen LogP contribution < -0.4 is 4.74 Å². The van der Waals surface area contributed by atoms with E-state index in [1.807, 2.05) is 0 Å². The fourth-order valence-corrected chi connectivity index (χ4v) is 6.45. The number of hydrogen-bond acceptors (Lipinski definition) is 7. The van der Waals surface area contributed by atoms with Gasteiger partial charge in [0.2, 0.25) is 26.0 Å². The molecule has 43 heavy (non-hydrogen) atoms. The van der Waals surface area contributed by atoms with Crippen molar-refractivity contribution in [2.75, 3.05) is 0 Å². The van der Waals surface area contributed by atoms with E-state index in [0.29, 0.717) is 25.5 Å². The normalized spacial score (nSPS) is 17.2. The molecule has 3 heterocycles. The Kier molecular flexibility index (Phi) is 11.7. The lowest BCUT2D eigenvalue weighted by Crippen LogP contribution is -2.37. The molecule has 0 amide bonds. The van der Waals surface area contributed by atoms with Gasteiger partial charge >= 0.3 is 6.01 Å². The second kappa shape index (κ2) is 14.5. The minimum Gasteiger partial charge on any atom is -0.424 e. The summed E-state index contributed by atoms with van der Waals surface area (Å²) in [7, 11) is 0. The zero-order valence-corrected chi connectivity index (χ0v) is 30.0. The zero-order chi connectivity index (χ0) is 31.5. The van der Waals surface area contributed by atoms with Crippen LogP contribution in [0.4, 0.5) is 22.0 Å². The van der Waals surface area contributed by atoms with Crippen LogP contribution in [0.1, 0.15) is 25.7 Å². The summed E-state index contributed by atoms with van der Waals surface area (Å²) in [6.07, 6.45) is -0.459. The molecule has 3 aromatic heterocycles. The first-order chi connectivity index (χ1) is 20.1. The molecule has 0 saturated heterocycles. The van der Waals surface area contributed by atoms with Crippen LogP contribution in [0.5, 0.6) is 11.8 Å². The molecule has 234 valence electrons. The fourth-order valence-electron chi connectivity index (χ4n) is 4.14. The van der Waals surface area contributed by atoms with Crippen LogP contribution in [0.3, 0.4) is 0 Å². The molecule has 0 unspecified atom stereocenters. The molecule has 2 saturated carbocycles. The molecule has 2 aliphatic carbocycles. The van der Waals surface area contributed by atoms with Crippen LogP contribution in [0.25, 0.3) is 0 Å². The van der Waals surface area contributed by atoms with Crippen LogP contribution in [0.15, 0.2) is 41.9 Å². The number of nitrogens with one attached hydrogen (secondary N) is 1. The lowest BCUT2D eigenvalue weighted by atomic mass is 9.81. The van der Waals surface area contributed by atoms with E-state index in [0.717, 1.165) is 12.1 Å². The third-order valence-corrected chi connectivity index (χ3v) is 8.09. The Balaban J connectivity index is 0.000000171. The van der Waals surface area contributed by atoms with Crippen molar-refractivity contribution in [2.24, 2.45) is 11.8 Å². The predicted molar refractivity (Wildman–Crippen MR) is 162 cm³/mol. The van der Waals surface area contributed by atoms with Gasteiger partial charge in [0.1, 0.15) is 11.6 Å². The first kappa shape index (κ1) is 34.6. The Bertz CT molecular complexity index is 1500. The molecule has 0 atom stereocenters. The number of benzene rings is 1. The number of alkyl halides is 4. The van der Waals surface area contributed by atoms with Gasteiger partial charge in [-0.25, -0.2) is 31.3 Å². The molecule has 6 rings (SSSR count). The minimum atomic E-state index is -2.60. The monoisotopic (exact) mass is 949 g/mol. The number of halogens is 11. The highest BCUT2D eigenvalue weighted by Crippen LogP contribution is 2.44. The molecular formula is C22H18Br5ClF5N9O. The smallest absolute Gasteiger partial charge is 0.321 e. The molecule has 0 bridgehead atoms. The van der Waals surface area contributed by atoms with E-state index in [9.17, 15) is 22.0 Å². The number of H-pyrrole nitrogens is 1. The summed E-state index contributed by atoms with van der Waals surface area (Å²) in [5.74, 6) is -5.64. The third-order valence-electron chi connectivity index (χ3n) is 5.90. The largest absolute Gasteiger partial charge is 0.424 e. The van der Waals surface area contributed by atoms with E-state index in [1.54, 1.807) is 4.68 Å². The Morgan fingerprint density at radius 1 is 0.814 bits per heavy atom. The summed E-state index contributed by atoms with van der Waals surface area (Å²) in [6.45, 7) is 0.751. The fraction of sp³-hybridized carbons (Fsp3) is 0.455. The van der Waals surface area contributed by atoms with Gasteiger partial charge in [0.25, 0.3) is 0 Å². The first-order valence-electron chi connectivity index (χ1n) is 12.0. The van der Waals surface area contributed by atoms with Crippen LogP contribution >= 0.6 is 91.3 Å². The van der Waals surface area contributed by atoms with Crippen LogP contribution in [-0.4, -0.2) is 56.6 Å². The topological polar surface area (TPSA) is 112 Å². The number of aromatic nitrogens is 9. The van der Waals surface area contributed by atoms with Crippen molar-refractivity contribution in [1.82, 2.24) is 44.7 Å². The van der Waals surface area contributed by atoms with Crippen molar-refractivity contribution < 1.29 is 26.7 Å². The lowest BCUT2D eigenvalue weighted by molar-refractivity contribution is -0.115. The molecular weight excluding hydrogens is 936 g/mol. The highest BCUT2D eigenvalue weighted by Gasteiger charge is 2.46. The quantitative estimate of drug-likeness (QED) is 0.192. The van der Waals surface area contributed by atoms with Gasteiger partial charge in [0.05, 0.1) is 0 Å². The van der Waals surface area contributed by atoms with Crippen molar-refractivity contribution in [3.63, 3.8) is 0 Å². The predicted octanol–water partition coefficient (Wildman–Crippen LogP) is 8.85. The van der Waals surface area contributed by atoms with Gasteiger partial charge in [-0.1, -0.05) is 11.6 Å². The van der Waals surface area contributed by atoms with Gasteiger partial charge in [0.15, 0.2) is 9.47 Å². The average Bonchev–Trinajstić information content (AvgIpc) is 3.49. The van der Waals surface area contributed by atoms with E-state index in [-0.39, 0.29) is 65.6 Å². The first-order valence-corrected chi connectivity index (χ1v) is 16.4. The number of rotatable bonds is 6. The molecule has 1 aromatic carbocycles. The zero-order valence-electron chi connectivity index (χ0n) is 21.3. The minimum absolute atomic E-state index is 0.00917. The highest BCUT2D eigenvalue weighted by molar-refractivity contribution is 9.11. The van der Waals surface area contributed by atoms with Gasteiger partial charge in [-0.3, -0.25) is 5.10 Å². The Morgan fingerprint density at radius 3 is 1.81 bits per heavy atom. The van der Waals surface area contributed by atoms with E-state index in [1.165, 1.54) is 10.7 Å². The van der Waals surface area contributed by atoms with E-state index >= 15 is 0 Å². The van der Waals surface area contributed by atoms with E-state index < -0.39 is 17.7 Å². The Morgan fingerprint density at radius 2 is 1.37 bits per heavy atom. The summed E-state index contributed by atoms with van der Waals surface area (Å²) < 4.78 is 75.1. The van der Waals surface area contributed by atoms with Gasteiger partial charge < -0.3 is 4.74 Å². The number of aromatic amines is 1. The number of hydrogen-bond donors (Lipinski definition) is 1. The Hall–Kier alpha value is -1.22. The standard InChI is InChI=1S/C13H10BrClF3N3O.C7H7Br2F2N3.C2HBr2N3/c14-11-19-12(22-10-2-8(15)1-9(16)3-10)21(20-11)6-7-4-13(17,18)5-7;8-5-12-6(9)14(13-5)3-4-1-7(10,11)2-4;3-1-5-2(4)7-6-1/h1-3,7H,4-6H2;4H,1-3H2;(H,5,6,7). The summed E-state index contributed by atoms with van der Waals surface area (Å²) in [6, 6.07) is 3.81. The molecule has 2 fully saturated rings. The second-order valence-corrected chi connectivity index (χ2v) is 13.6. The number of ether oxygens (including phenoxy) is 1. The highest BCUT2D eigenvalue weighted by atomic mass is 79.9. The van der Waals surface area contributed by atoms with Crippen molar-refractivity contribution >= 4 is 91.3 Å². The van der Waals surface area contributed by atoms with Gasteiger partial charge in [-0.2, -0.15) is 15.0 Å².